The Labute approximate surface area is 172 Å². The number of amides is 1. The van der Waals surface area contributed by atoms with E-state index in [1.165, 1.54) is 5.56 Å². The fourth-order valence-electron chi connectivity index (χ4n) is 3.47. The molecule has 1 atom stereocenters. The van der Waals surface area contributed by atoms with Crippen molar-refractivity contribution in [2.45, 2.75) is 13.0 Å². The van der Waals surface area contributed by atoms with Crippen molar-refractivity contribution >= 4 is 23.6 Å². The molecule has 0 bridgehead atoms. The van der Waals surface area contributed by atoms with Gasteiger partial charge in [0.1, 0.15) is 0 Å². The van der Waals surface area contributed by atoms with E-state index in [4.69, 9.17) is 11.6 Å². The molecule has 1 N–H and O–H groups in total. The molecule has 1 saturated heterocycles. The van der Waals surface area contributed by atoms with E-state index in [9.17, 15) is 4.79 Å². The third kappa shape index (κ3) is 5.68. The molecule has 0 spiro atoms. The minimum atomic E-state index is -0.0370. The summed E-state index contributed by atoms with van der Waals surface area (Å²) in [6.07, 6.45) is 1.89. The number of benzene rings is 2. The Morgan fingerprint density at radius 3 is 2.36 bits per heavy atom. The molecule has 0 aromatic heterocycles. The Balaban J connectivity index is 1.67. The van der Waals surface area contributed by atoms with Crippen molar-refractivity contribution in [3.8, 4) is 0 Å². The lowest BCUT2D eigenvalue weighted by atomic mass is 10.0. The van der Waals surface area contributed by atoms with Gasteiger partial charge in [-0.15, -0.1) is 0 Å². The van der Waals surface area contributed by atoms with E-state index in [0.29, 0.717) is 17.1 Å². The van der Waals surface area contributed by atoms with Crippen LogP contribution in [0.15, 0.2) is 60.2 Å². The van der Waals surface area contributed by atoms with Gasteiger partial charge < -0.3 is 10.2 Å². The lowest BCUT2D eigenvalue weighted by molar-refractivity contribution is -0.117. The van der Waals surface area contributed by atoms with E-state index in [0.717, 1.165) is 31.7 Å². The molecule has 1 fully saturated rings. The first-order valence-corrected chi connectivity index (χ1v) is 10.1. The van der Waals surface area contributed by atoms with Crippen LogP contribution in [0.5, 0.6) is 0 Å². The second-order valence-corrected chi connectivity index (χ2v) is 7.79. The third-order valence-corrected chi connectivity index (χ3v) is 5.48. The first kappa shape index (κ1) is 20.6. The van der Waals surface area contributed by atoms with E-state index in [-0.39, 0.29) is 11.9 Å². The van der Waals surface area contributed by atoms with Crippen LogP contribution < -0.4 is 5.32 Å². The van der Waals surface area contributed by atoms with Gasteiger partial charge in [0.25, 0.3) is 0 Å². The third-order valence-electron chi connectivity index (χ3n) is 5.23. The van der Waals surface area contributed by atoms with E-state index >= 15 is 0 Å². The standard InChI is InChI=1S/C23H28ClN3O/c1-18(16-19-8-10-21(24)11-9-19)23(28)25-17-22(20-6-4-3-5-7-20)27-14-12-26(2)13-15-27/h3-11,16,22H,12-15,17H2,1-2H3,(H,25,28)/b18-16+. The highest BCUT2D eigenvalue weighted by Crippen LogP contribution is 2.21. The van der Waals surface area contributed by atoms with E-state index in [1.54, 1.807) is 0 Å². The average molecular weight is 398 g/mol. The molecule has 2 aromatic rings. The minimum Gasteiger partial charge on any atom is -0.350 e. The van der Waals surface area contributed by atoms with E-state index in [1.807, 2.05) is 43.3 Å². The van der Waals surface area contributed by atoms with Gasteiger partial charge in [-0.2, -0.15) is 0 Å². The molecule has 1 heterocycles. The van der Waals surface area contributed by atoms with E-state index in [2.05, 4.69) is 46.4 Å². The van der Waals surface area contributed by atoms with Crippen LogP contribution in [-0.2, 0) is 4.79 Å². The second kappa shape index (κ2) is 9.87. The van der Waals surface area contributed by atoms with Crippen molar-refractivity contribution in [1.82, 2.24) is 15.1 Å². The zero-order valence-corrected chi connectivity index (χ0v) is 17.3. The molecule has 1 unspecified atom stereocenters. The highest BCUT2D eigenvalue weighted by Gasteiger charge is 2.24. The van der Waals surface area contributed by atoms with Crippen molar-refractivity contribution in [3.05, 3.63) is 76.3 Å². The van der Waals surface area contributed by atoms with Gasteiger partial charge in [0, 0.05) is 43.3 Å². The molecule has 28 heavy (non-hydrogen) atoms. The van der Waals surface area contributed by atoms with Gasteiger partial charge in [0.2, 0.25) is 5.91 Å². The Morgan fingerprint density at radius 1 is 1.07 bits per heavy atom. The Morgan fingerprint density at radius 2 is 1.71 bits per heavy atom. The maximum Gasteiger partial charge on any atom is 0.247 e. The summed E-state index contributed by atoms with van der Waals surface area (Å²) in [6, 6.07) is 18.1. The molecule has 1 aliphatic rings. The number of carbonyl (C=O) groups excluding carboxylic acids is 1. The first-order chi connectivity index (χ1) is 13.5. The number of rotatable bonds is 6. The number of hydrogen-bond acceptors (Lipinski definition) is 3. The summed E-state index contributed by atoms with van der Waals surface area (Å²) in [5.41, 5.74) is 2.90. The normalized spacial score (nSPS) is 17.3. The molecule has 148 valence electrons. The molecule has 0 radical (unpaired) electrons. The van der Waals surface area contributed by atoms with Crippen molar-refractivity contribution in [2.75, 3.05) is 39.8 Å². The number of carbonyl (C=O) groups is 1. The van der Waals surface area contributed by atoms with Gasteiger partial charge in [0.15, 0.2) is 0 Å². The molecule has 0 aliphatic carbocycles. The Kier molecular flexibility index (Phi) is 7.26. The summed E-state index contributed by atoms with van der Waals surface area (Å²) in [5, 5.41) is 3.82. The highest BCUT2D eigenvalue weighted by molar-refractivity contribution is 6.30. The van der Waals surface area contributed by atoms with Crippen molar-refractivity contribution in [3.63, 3.8) is 0 Å². The molecular weight excluding hydrogens is 370 g/mol. The number of piperazine rings is 1. The summed E-state index contributed by atoms with van der Waals surface area (Å²) >= 11 is 5.93. The van der Waals surface area contributed by atoms with Crippen LogP contribution in [0.2, 0.25) is 5.02 Å². The van der Waals surface area contributed by atoms with Crippen molar-refractivity contribution < 1.29 is 4.79 Å². The molecule has 1 aliphatic heterocycles. The number of hydrogen-bond donors (Lipinski definition) is 1. The predicted molar refractivity (Wildman–Crippen MR) is 116 cm³/mol. The summed E-state index contributed by atoms with van der Waals surface area (Å²) < 4.78 is 0. The van der Waals surface area contributed by atoms with Crippen LogP contribution in [0.1, 0.15) is 24.1 Å². The number of halogens is 1. The molecular formula is C23H28ClN3O. The topological polar surface area (TPSA) is 35.6 Å². The zero-order valence-electron chi connectivity index (χ0n) is 16.6. The summed E-state index contributed by atoms with van der Waals surface area (Å²) in [4.78, 5) is 17.5. The maximum absolute atomic E-state index is 12.7. The lowest BCUT2D eigenvalue weighted by Gasteiger charge is -2.38. The van der Waals surface area contributed by atoms with Crippen LogP contribution in [0.25, 0.3) is 6.08 Å². The average Bonchev–Trinajstić information content (AvgIpc) is 2.71. The van der Waals surface area contributed by atoms with Gasteiger partial charge in [0.05, 0.1) is 6.04 Å². The Hall–Kier alpha value is -2.14. The quantitative estimate of drug-likeness (QED) is 0.752. The van der Waals surface area contributed by atoms with Gasteiger partial charge in [-0.1, -0.05) is 54.1 Å². The summed E-state index contributed by atoms with van der Waals surface area (Å²) in [7, 11) is 2.15. The molecule has 4 nitrogen and oxygen atoms in total. The van der Waals surface area contributed by atoms with Gasteiger partial charge in [-0.05, 0) is 43.3 Å². The van der Waals surface area contributed by atoms with Crippen LogP contribution in [0.4, 0.5) is 0 Å². The van der Waals surface area contributed by atoms with E-state index < -0.39 is 0 Å². The largest absolute Gasteiger partial charge is 0.350 e. The fraction of sp³-hybridized carbons (Fsp3) is 0.348. The maximum atomic E-state index is 12.7. The SMILES string of the molecule is C/C(=C\c1ccc(Cl)cc1)C(=O)NCC(c1ccccc1)N1CCN(C)CC1. The fourth-order valence-corrected chi connectivity index (χ4v) is 3.60. The lowest BCUT2D eigenvalue weighted by Crippen LogP contribution is -2.48. The van der Waals surface area contributed by atoms with Crippen LogP contribution >= 0.6 is 11.6 Å². The van der Waals surface area contributed by atoms with Crippen LogP contribution in [0, 0.1) is 0 Å². The number of nitrogens with zero attached hydrogens (tertiary/aromatic N) is 2. The van der Waals surface area contributed by atoms with Gasteiger partial charge in [-0.25, -0.2) is 0 Å². The smallest absolute Gasteiger partial charge is 0.247 e. The first-order valence-electron chi connectivity index (χ1n) is 9.72. The molecule has 1 amide bonds. The highest BCUT2D eigenvalue weighted by atomic mass is 35.5. The molecule has 2 aromatic carbocycles. The molecule has 5 heteroatoms. The van der Waals surface area contributed by atoms with Crippen molar-refractivity contribution in [2.24, 2.45) is 0 Å². The minimum absolute atomic E-state index is 0.0370. The molecule has 3 rings (SSSR count). The predicted octanol–water partition coefficient (Wildman–Crippen LogP) is 3.85. The van der Waals surface area contributed by atoms with Gasteiger partial charge in [-0.3, -0.25) is 9.69 Å². The molecule has 0 saturated carbocycles. The summed E-state index contributed by atoms with van der Waals surface area (Å²) in [5.74, 6) is -0.0370. The van der Waals surface area contributed by atoms with Crippen LogP contribution in [-0.4, -0.2) is 55.5 Å². The number of likely N-dealkylation sites (N-methyl/N-ethyl adjacent to an activating group) is 1. The monoisotopic (exact) mass is 397 g/mol. The van der Waals surface area contributed by atoms with Gasteiger partial charge >= 0.3 is 0 Å². The Bertz CT molecular complexity index is 796. The zero-order chi connectivity index (χ0) is 19.9. The summed E-state index contributed by atoms with van der Waals surface area (Å²) in [6.45, 7) is 6.55. The van der Waals surface area contributed by atoms with Crippen molar-refractivity contribution in [1.29, 1.82) is 0 Å². The second-order valence-electron chi connectivity index (χ2n) is 7.35. The number of nitrogens with one attached hydrogen (secondary N) is 1. The van der Waals surface area contributed by atoms with Crippen LogP contribution in [0.3, 0.4) is 0 Å².